The van der Waals surface area contributed by atoms with Crippen LogP contribution in [-0.4, -0.2) is 33.3 Å². The Kier molecular flexibility index (Phi) is 6.37. The highest BCUT2D eigenvalue weighted by Gasteiger charge is 2.19. The van der Waals surface area contributed by atoms with E-state index >= 15 is 0 Å². The fraction of sp³-hybridized carbons (Fsp3) is 0.667. The number of urea groups is 1. The fourth-order valence-electron chi connectivity index (χ4n) is 1.57. The summed E-state index contributed by atoms with van der Waals surface area (Å²) in [5.74, 6) is -0.578. The maximum atomic E-state index is 11.7. The van der Waals surface area contributed by atoms with Gasteiger partial charge < -0.3 is 10.4 Å². The molecule has 20 heavy (non-hydrogen) atoms. The number of carboxylic acid groups (broad SMARTS) is 1. The molecule has 1 unspecified atom stereocenters. The number of aliphatic carboxylic acids is 1. The number of anilines is 1. The Labute approximate surface area is 121 Å². The highest BCUT2D eigenvalue weighted by atomic mass is 32.1. The van der Waals surface area contributed by atoms with Gasteiger partial charge in [0.2, 0.25) is 5.13 Å². The van der Waals surface area contributed by atoms with Crippen molar-refractivity contribution in [3.8, 4) is 0 Å². The van der Waals surface area contributed by atoms with Gasteiger partial charge in [-0.05, 0) is 12.3 Å². The van der Waals surface area contributed by atoms with Crippen LogP contribution < -0.4 is 10.6 Å². The van der Waals surface area contributed by atoms with Crippen molar-refractivity contribution >= 4 is 28.5 Å². The SMILES string of the molecule is CCCC(NC(=O)Nc1nnc(CC(C)C)s1)C(=O)O. The lowest BCUT2D eigenvalue weighted by atomic mass is 10.1. The zero-order valence-electron chi connectivity index (χ0n) is 11.8. The summed E-state index contributed by atoms with van der Waals surface area (Å²) in [5.41, 5.74) is 0. The smallest absolute Gasteiger partial charge is 0.326 e. The molecule has 0 fully saturated rings. The molecule has 0 aliphatic rings. The van der Waals surface area contributed by atoms with Crippen molar-refractivity contribution in [2.75, 3.05) is 5.32 Å². The van der Waals surface area contributed by atoms with Gasteiger partial charge in [-0.1, -0.05) is 38.5 Å². The molecule has 7 nitrogen and oxygen atoms in total. The number of nitrogens with one attached hydrogen (secondary N) is 2. The molecule has 3 N–H and O–H groups in total. The fourth-order valence-corrected chi connectivity index (χ4v) is 2.52. The van der Waals surface area contributed by atoms with E-state index in [1.165, 1.54) is 11.3 Å². The van der Waals surface area contributed by atoms with Crippen LogP contribution in [0.15, 0.2) is 0 Å². The van der Waals surface area contributed by atoms with Crippen LogP contribution in [0, 0.1) is 5.92 Å². The number of hydrogen-bond acceptors (Lipinski definition) is 5. The van der Waals surface area contributed by atoms with Crippen LogP contribution in [0.4, 0.5) is 9.93 Å². The first-order valence-corrected chi connectivity index (χ1v) is 7.36. The summed E-state index contributed by atoms with van der Waals surface area (Å²) < 4.78 is 0. The Morgan fingerprint density at radius 2 is 2.05 bits per heavy atom. The number of hydrogen-bond donors (Lipinski definition) is 3. The van der Waals surface area contributed by atoms with Crippen molar-refractivity contribution in [1.29, 1.82) is 0 Å². The minimum Gasteiger partial charge on any atom is -0.480 e. The van der Waals surface area contributed by atoms with Gasteiger partial charge in [0.05, 0.1) is 0 Å². The standard InChI is InChI=1S/C12H20N4O3S/c1-4-5-8(10(17)18)13-11(19)14-12-16-15-9(20-12)6-7(2)3/h7-8H,4-6H2,1-3H3,(H,17,18)(H2,13,14,16,19). The van der Waals surface area contributed by atoms with Crippen molar-refractivity contribution < 1.29 is 14.7 Å². The van der Waals surface area contributed by atoms with E-state index in [-0.39, 0.29) is 0 Å². The van der Waals surface area contributed by atoms with E-state index in [0.29, 0.717) is 23.9 Å². The first-order valence-electron chi connectivity index (χ1n) is 6.55. The molecule has 0 saturated heterocycles. The molecule has 0 aliphatic carbocycles. The topological polar surface area (TPSA) is 104 Å². The molecule has 8 heteroatoms. The van der Waals surface area contributed by atoms with Gasteiger partial charge in [-0.2, -0.15) is 0 Å². The summed E-state index contributed by atoms with van der Waals surface area (Å²) in [6, 6.07) is -1.46. The minimum atomic E-state index is -1.04. The van der Waals surface area contributed by atoms with E-state index in [1.807, 2.05) is 6.92 Å². The lowest BCUT2D eigenvalue weighted by Gasteiger charge is -2.12. The first kappa shape index (κ1) is 16.4. The molecule has 2 amide bonds. The molecule has 112 valence electrons. The number of carbonyl (C=O) groups excluding carboxylic acids is 1. The molecule has 0 aliphatic heterocycles. The monoisotopic (exact) mass is 300 g/mol. The van der Waals surface area contributed by atoms with E-state index in [1.54, 1.807) is 0 Å². The highest BCUT2D eigenvalue weighted by molar-refractivity contribution is 7.15. The molecule has 1 rings (SSSR count). The summed E-state index contributed by atoms with van der Waals surface area (Å²) in [5, 5.41) is 22.9. The maximum Gasteiger partial charge on any atom is 0.326 e. The zero-order chi connectivity index (χ0) is 15.1. The lowest BCUT2D eigenvalue weighted by molar-refractivity contribution is -0.139. The van der Waals surface area contributed by atoms with Crippen molar-refractivity contribution in [2.24, 2.45) is 5.92 Å². The molecule has 1 heterocycles. The molecule has 1 aromatic rings. The zero-order valence-corrected chi connectivity index (χ0v) is 12.7. The average molecular weight is 300 g/mol. The number of nitrogens with zero attached hydrogens (tertiary/aromatic N) is 2. The second-order valence-electron chi connectivity index (χ2n) is 4.88. The Bertz CT molecular complexity index is 461. The summed E-state index contributed by atoms with van der Waals surface area (Å²) in [6.45, 7) is 6.01. The van der Waals surface area contributed by atoms with Gasteiger partial charge in [-0.15, -0.1) is 10.2 Å². The van der Waals surface area contributed by atoms with Crippen LogP contribution in [0.1, 0.15) is 38.6 Å². The number of carboxylic acids is 1. The van der Waals surface area contributed by atoms with Gasteiger partial charge >= 0.3 is 12.0 Å². The van der Waals surface area contributed by atoms with Crippen LogP contribution in [0.2, 0.25) is 0 Å². The van der Waals surface area contributed by atoms with Crippen LogP contribution >= 0.6 is 11.3 Å². The second-order valence-corrected chi connectivity index (χ2v) is 5.94. The quantitative estimate of drug-likeness (QED) is 0.715. The van der Waals surface area contributed by atoms with Crippen LogP contribution in [0.3, 0.4) is 0 Å². The molecular weight excluding hydrogens is 280 g/mol. The predicted molar refractivity (Wildman–Crippen MR) is 76.9 cm³/mol. The van der Waals surface area contributed by atoms with Gasteiger partial charge in [0.1, 0.15) is 11.0 Å². The van der Waals surface area contributed by atoms with Crippen molar-refractivity contribution in [3.05, 3.63) is 5.01 Å². The van der Waals surface area contributed by atoms with Gasteiger partial charge in [0, 0.05) is 6.42 Å². The Balaban J connectivity index is 2.52. The van der Waals surface area contributed by atoms with E-state index in [9.17, 15) is 9.59 Å². The van der Waals surface area contributed by atoms with Crippen LogP contribution in [0.5, 0.6) is 0 Å². The molecule has 1 atom stereocenters. The number of aromatic nitrogens is 2. The average Bonchev–Trinajstić information content (AvgIpc) is 2.74. The Hall–Kier alpha value is -1.70. The molecule has 1 aromatic heterocycles. The van der Waals surface area contributed by atoms with Crippen molar-refractivity contribution in [1.82, 2.24) is 15.5 Å². The summed E-state index contributed by atoms with van der Waals surface area (Å²) >= 11 is 1.30. The summed E-state index contributed by atoms with van der Waals surface area (Å²) in [7, 11) is 0. The molecule has 0 radical (unpaired) electrons. The molecular formula is C12H20N4O3S. The number of amides is 2. The minimum absolute atomic E-state index is 0.374. The third-order valence-electron chi connectivity index (χ3n) is 2.45. The van der Waals surface area contributed by atoms with Gasteiger partial charge in [0.15, 0.2) is 0 Å². The van der Waals surface area contributed by atoms with E-state index < -0.39 is 18.0 Å². The number of carbonyl (C=O) groups is 2. The molecule has 0 aromatic carbocycles. The van der Waals surface area contributed by atoms with Crippen molar-refractivity contribution in [3.63, 3.8) is 0 Å². The summed E-state index contributed by atoms with van der Waals surface area (Å²) in [6.07, 6.45) is 1.86. The lowest BCUT2D eigenvalue weighted by Crippen LogP contribution is -2.42. The van der Waals surface area contributed by atoms with Crippen molar-refractivity contribution in [2.45, 2.75) is 46.1 Å². The van der Waals surface area contributed by atoms with E-state index in [0.717, 1.165) is 11.4 Å². The summed E-state index contributed by atoms with van der Waals surface area (Å²) in [4.78, 5) is 22.6. The maximum absolute atomic E-state index is 11.7. The van der Waals surface area contributed by atoms with Crippen LogP contribution in [0.25, 0.3) is 0 Å². The van der Waals surface area contributed by atoms with Gasteiger partial charge in [-0.3, -0.25) is 5.32 Å². The Morgan fingerprint density at radius 3 is 2.60 bits per heavy atom. The predicted octanol–water partition coefficient (Wildman–Crippen LogP) is 2.11. The Morgan fingerprint density at radius 1 is 1.35 bits per heavy atom. The largest absolute Gasteiger partial charge is 0.480 e. The third kappa shape index (κ3) is 5.52. The van der Waals surface area contributed by atoms with Gasteiger partial charge in [0.25, 0.3) is 0 Å². The van der Waals surface area contributed by atoms with Gasteiger partial charge in [-0.25, -0.2) is 9.59 Å². The molecule has 0 saturated carbocycles. The first-order chi connectivity index (χ1) is 9.42. The van der Waals surface area contributed by atoms with E-state index in [2.05, 4.69) is 34.7 Å². The van der Waals surface area contributed by atoms with Crippen LogP contribution in [-0.2, 0) is 11.2 Å². The molecule has 0 spiro atoms. The third-order valence-corrected chi connectivity index (χ3v) is 3.31. The second kappa shape index (κ2) is 7.78. The highest BCUT2D eigenvalue weighted by Crippen LogP contribution is 2.18. The molecule has 0 bridgehead atoms. The van der Waals surface area contributed by atoms with E-state index in [4.69, 9.17) is 5.11 Å². The normalized spacial score (nSPS) is 12.2. The number of rotatable bonds is 7.